The van der Waals surface area contributed by atoms with E-state index in [9.17, 15) is 13.2 Å². The van der Waals surface area contributed by atoms with Crippen LogP contribution in [0.1, 0.15) is 50.9 Å². The molecule has 1 saturated heterocycles. The van der Waals surface area contributed by atoms with Gasteiger partial charge in [0.1, 0.15) is 11.6 Å². The maximum atomic E-state index is 12.6. The fraction of sp³-hybridized carbons (Fsp3) is 0.524. The number of benzene rings is 1. The molecule has 0 aliphatic carbocycles. The summed E-state index contributed by atoms with van der Waals surface area (Å²) in [4.78, 5) is 12.6. The zero-order valence-corrected chi connectivity index (χ0v) is 18.3. The molecule has 0 spiro atoms. The van der Waals surface area contributed by atoms with Crippen molar-refractivity contribution in [2.24, 2.45) is 0 Å². The summed E-state index contributed by atoms with van der Waals surface area (Å²) >= 11 is 0. The Morgan fingerprint density at radius 1 is 1.28 bits per heavy atom. The van der Waals surface area contributed by atoms with Crippen molar-refractivity contribution in [3.05, 3.63) is 41.6 Å². The number of aromatic nitrogens is 2. The number of ether oxygens (including phenoxy) is 1. The van der Waals surface area contributed by atoms with Crippen LogP contribution in [0.15, 0.2) is 30.3 Å². The van der Waals surface area contributed by atoms with Crippen LogP contribution in [0.4, 0.5) is 5.82 Å². The van der Waals surface area contributed by atoms with Crippen LogP contribution in [-0.2, 0) is 26.5 Å². The molecule has 0 bridgehead atoms. The molecule has 0 saturated carbocycles. The number of amides is 1. The Kier molecular flexibility index (Phi) is 6.03. The third-order valence-corrected chi connectivity index (χ3v) is 6.88. The summed E-state index contributed by atoms with van der Waals surface area (Å²) in [5.41, 5.74) is 1.67. The van der Waals surface area contributed by atoms with Gasteiger partial charge in [0.05, 0.1) is 30.4 Å². The normalized spacial score (nSPS) is 18.6. The van der Waals surface area contributed by atoms with Crippen molar-refractivity contribution in [1.29, 1.82) is 0 Å². The molecule has 1 aromatic carbocycles. The number of hydrogen-bond acceptors (Lipinski definition) is 5. The molecule has 1 aliphatic heterocycles. The molecule has 8 heteroatoms. The first-order valence-electron chi connectivity index (χ1n) is 9.80. The molecule has 0 unspecified atom stereocenters. The van der Waals surface area contributed by atoms with Crippen LogP contribution in [0.5, 0.6) is 5.75 Å². The Morgan fingerprint density at radius 2 is 1.97 bits per heavy atom. The van der Waals surface area contributed by atoms with Gasteiger partial charge in [-0.3, -0.25) is 4.79 Å². The van der Waals surface area contributed by atoms with Gasteiger partial charge in [-0.25, -0.2) is 13.1 Å². The lowest BCUT2D eigenvalue weighted by Crippen LogP contribution is -2.20. The molecule has 29 heavy (non-hydrogen) atoms. The molecule has 1 atom stereocenters. The van der Waals surface area contributed by atoms with Gasteiger partial charge in [0, 0.05) is 17.9 Å². The zero-order valence-electron chi connectivity index (χ0n) is 17.4. The predicted molar refractivity (Wildman–Crippen MR) is 113 cm³/mol. The van der Waals surface area contributed by atoms with E-state index < -0.39 is 9.84 Å². The standard InChI is InChI=1S/C21H29N3O4S/c1-21(2,3)18-13-19(24(23-18)16-11-12-29(26,27)14-16)22-20(25)10-7-15-5-8-17(28-4)9-6-15/h5-6,8-9,13,16H,7,10-12,14H2,1-4H3,(H,22,25)/t16-/m0/s1. The maximum Gasteiger partial charge on any atom is 0.225 e. The van der Waals surface area contributed by atoms with Gasteiger partial charge in [0.15, 0.2) is 9.84 Å². The van der Waals surface area contributed by atoms with Crippen LogP contribution in [-0.4, -0.2) is 42.7 Å². The van der Waals surface area contributed by atoms with E-state index in [1.807, 2.05) is 51.1 Å². The minimum absolute atomic E-state index is 0.0625. The van der Waals surface area contributed by atoms with Gasteiger partial charge in [-0.2, -0.15) is 5.10 Å². The van der Waals surface area contributed by atoms with E-state index in [0.29, 0.717) is 25.1 Å². The molecule has 2 heterocycles. The molecule has 3 rings (SSSR count). The van der Waals surface area contributed by atoms with E-state index in [4.69, 9.17) is 4.74 Å². The van der Waals surface area contributed by atoms with E-state index >= 15 is 0 Å². The van der Waals surface area contributed by atoms with Crippen LogP contribution in [0.25, 0.3) is 0 Å². The molecular formula is C21H29N3O4S. The van der Waals surface area contributed by atoms with Gasteiger partial charge in [-0.1, -0.05) is 32.9 Å². The van der Waals surface area contributed by atoms with E-state index in [2.05, 4.69) is 10.4 Å². The second-order valence-electron chi connectivity index (χ2n) is 8.56. The Bertz CT molecular complexity index is 972. The van der Waals surface area contributed by atoms with Gasteiger partial charge in [0.25, 0.3) is 0 Å². The Labute approximate surface area is 172 Å². The highest BCUT2D eigenvalue weighted by molar-refractivity contribution is 7.91. The molecule has 0 radical (unpaired) electrons. The molecule has 2 aromatic rings. The van der Waals surface area contributed by atoms with Crippen molar-refractivity contribution in [1.82, 2.24) is 9.78 Å². The van der Waals surface area contributed by atoms with Gasteiger partial charge in [-0.05, 0) is 30.5 Å². The molecule has 1 amide bonds. The zero-order chi connectivity index (χ0) is 21.2. The van der Waals surface area contributed by atoms with E-state index in [-0.39, 0.29) is 28.9 Å². The third kappa shape index (κ3) is 5.38. The van der Waals surface area contributed by atoms with E-state index in [0.717, 1.165) is 17.0 Å². The highest BCUT2D eigenvalue weighted by Gasteiger charge is 2.32. The largest absolute Gasteiger partial charge is 0.497 e. The van der Waals surface area contributed by atoms with Gasteiger partial charge < -0.3 is 10.1 Å². The monoisotopic (exact) mass is 419 g/mol. The number of nitrogens with zero attached hydrogens (tertiary/aromatic N) is 2. The van der Waals surface area contributed by atoms with Gasteiger partial charge in [-0.15, -0.1) is 0 Å². The quantitative estimate of drug-likeness (QED) is 0.777. The fourth-order valence-electron chi connectivity index (χ4n) is 3.36. The Hall–Kier alpha value is -2.35. The number of aryl methyl sites for hydroxylation is 1. The van der Waals surface area contributed by atoms with Crippen LogP contribution in [0.3, 0.4) is 0 Å². The number of anilines is 1. The number of rotatable bonds is 6. The summed E-state index contributed by atoms with van der Waals surface area (Å²) in [6, 6.07) is 9.25. The average molecular weight is 420 g/mol. The summed E-state index contributed by atoms with van der Waals surface area (Å²) in [6.07, 6.45) is 1.45. The average Bonchev–Trinajstić information content (AvgIpc) is 3.23. The van der Waals surface area contributed by atoms with Crippen LogP contribution >= 0.6 is 0 Å². The molecule has 1 aromatic heterocycles. The third-order valence-electron chi connectivity index (χ3n) is 5.13. The smallest absolute Gasteiger partial charge is 0.225 e. The topological polar surface area (TPSA) is 90.3 Å². The van der Waals surface area contributed by atoms with Crippen molar-refractivity contribution < 1.29 is 17.9 Å². The van der Waals surface area contributed by atoms with Crippen LogP contribution in [0.2, 0.25) is 0 Å². The molecule has 1 fully saturated rings. The number of carbonyl (C=O) groups excluding carboxylic acids is 1. The van der Waals surface area contributed by atoms with Crippen molar-refractivity contribution in [3.8, 4) is 5.75 Å². The number of nitrogens with one attached hydrogen (secondary N) is 1. The SMILES string of the molecule is COc1ccc(CCC(=O)Nc2cc(C(C)(C)C)nn2[C@H]2CCS(=O)(=O)C2)cc1. The predicted octanol–water partition coefficient (Wildman–Crippen LogP) is 3.12. The summed E-state index contributed by atoms with van der Waals surface area (Å²) in [6.45, 7) is 6.13. The number of carbonyl (C=O) groups is 1. The molecule has 1 aliphatic rings. The second-order valence-corrected chi connectivity index (χ2v) is 10.8. The highest BCUT2D eigenvalue weighted by Crippen LogP contribution is 2.31. The lowest BCUT2D eigenvalue weighted by molar-refractivity contribution is -0.116. The minimum atomic E-state index is -3.05. The lowest BCUT2D eigenvalue weighted by atomic mass is 9.92. The number of hydrogen-bond donors (Lipinski definition) is 1. The van der Waals surface area contributed by atoms with E-state index in [1.54, 1.807) is 11.8 Å². The first kappa shape index (κ1) is 21.4. The lowest BCUT2D eigenvalue weighted by Gasteiger charge is -2.15. The van der Waals surface area contributed by atoms with E-state index in [1.165, 1.54) is 0 Å². The summed E-state index contributed by atoms with van der Waals surface area (Å²) in [5.74, 6) is 1.45. The minimum Gasteiger partial charge on any atom is -0.497 e. The van der Waals surface area contributed by atoms with Crippen molar-refractivity contribution in [3.63, 3.8) is 0 Å². The second kappa shape index (κ2) is 8.18. The van der Waals surface area contributed by atoms with Crippen LogP contribution in [0, 0.1) is 0 Å². The van der Waals surface area contributed by atoms with Gasteiger partial charge >= 0.3 is 0 Å². The number of methoxy groups -OCH3 is 1. The first-order chi connectivity index (χ1) is 13.6. The Balaban J connectivity index is 1.72. The highest BCUT2D eigenvalue weighted by atomic mass is 32.2. The molecule has 7 nitrogen and oxygen atoms in total. The van der Waals surface area contributed by atoms with Crippen LogP contribution < -0.4 is 10.1 Å². The van der Waals surface area contributed by atoms with Crippen molar-refractivity contribution >= 4 is 21.6 Å². The van der Waals surface area contributed by atoms with Gasteiger partial charge in [0.2, 0.25) is 5.91 Å². The Morgan fingerprint density at radius 3 is 2.52 bits per heavy atom. The number of sulfone groups is 1. The molecule has 1 N–H and O–H groups in total. The van der Waals surface area contributed by atoms with Crippen molar-refractivity contribution in [2.75, 3.05) is 23.9 Å². The summed E-state index contributed by atoms with van der Waals surface area (Å²) in [5, 5.41) is 7.59. The molecular weight excluding hydrogens is 390 g/mol. The van der Waals surface area contributed by atoms with Crippen molar-refractivity contribution in [2.45, 2.75) is 51.5 Å². The first-order valence-corrected chi connectivity index (χ1v) is 11.6. The molecule has 158 valence electrons. The summed E-state index contributed by atoms with van der Waals surface area (Å²) in [7, 11) is -1.43. The maximum absolute atomic E-state index is 12.6. The fourth-order valence-corrected chi connectivity index (χ4v) is 5.05. The summed E-state index contributed by atoms with van der Waals surface area (Å²) < 4.78 is 30.7.